The molecule has 0 bridgehead atoms. The standard InChI is InChI=1S/C45H49BrO6/c1-31-11-7-15-35(21-31)25-47-30-41-42(48-26-36-16-8-12-32(2)22-36)43(49-27-37-17-9-13-33(3)23-37)44(50-28-38-18-10-14-34(4)24-38)45(52-41)51-29-39-19-5-6-20-40(39)46/h5-24,41-45H,25-30H2,1-4H3/t41-,42-,43+,44-,45?/m1/s1. The van der Waals surface area contributed by atoms with E-state index in [1.54, 1.807) is 0 Å². The van der Waals surface area contributed by atoms with Crippen molar-refractivity contribution in [2.24, 2.45) is 0 Å². The predicted molar refractivity (Wildman–Crippen MR) is 208 cm³/mol. The molecule has 1 aliphatic rings. The molecule has 7 heteroatoms. The van der Waals surface area contributed by atoms with E-state index in [-0.39, 0.29) is 6.61 Å². The molecule has 6 nitrogen and oxygen atoms in total. The summed E-state index contributed by atoms with van der Waals surface area (Å²) in [6.45, 7) is 10.5. The predicted octanol–water partition coefficient (Wildman–Crippen LogP) is 9.90. The number of aryl methyl sites for hydroxylation is 4. The topological polar surface area (TPSA) is 55.4 Å². The van der Waals surface area contributed by atoms with Gasteiger partial charge >= 0.3 is 0 Å². The lowest BCUT2D eigenvalue weighted by atomic mass is 9.97. The molecule has 1 heterocycles. The summed E-state index contributed by atoms with van der Waals surface area (Å²) in [5, 5.41) is 0. The Morgan fingerprint density at radius 3 is 1.44 bits per heavy atom. The van der Waals surface area contributed by atoms with Crippen molar-refractivity contribution >= 4 is 15.9 Å². The van der Waals surface area contributed by atoms with Gasteiger partial charge < -0.3 is 28.4 Å². The Morgan fingerprint density at radius 2 is 0.942 bits per heavy atom. The Hall–Kier alpha value is -3.66. The van der Waals surface area contributed by atoms with Crippen LogP contribution in [0.15, 0.2) is 126 Å². The van der Waals surface area contributed by atoms with Crippen LogP contribution in [0.3, 0.4) is 0 Å². The Balaban J connectivity index is 1.33. The number of hydrogen-bond donors (Lipinski definition) is 0. The fourth-order valence-corrected chi connectivity index (χ4v) is 6.98. The molecule has 0 radical (unpaired) electrons. The van der Waals surface area contributed by atoms with E-state index in [2.05, 4.69) is 135 Å². The maximum absolute atomic E-state index is 6.92. The van der Waals surface area contributed by atoms with Gasteiger partial charge in [-0.25, -0.2) is 0 Å². The first kappa shape index (κ1) is 38.1. The summed E-state index contributed by atoms with van der Waals surface area (Å²) < 4.78 is 41.4. The summed E-state index contributed by atoms with van der Waals surface area (Å²) >= 11 is 3.69. The molecule has 0 aromatic heterocycles. The molecule has 0 amide bonds. The highest BCUT2D eigenvalue weighted by molar-refractivity contribution is 9.10. The maximum Gasteiger partial charge on any atom is 0.187 e. The smallest absolute Gasteiger partial charge is 0.187 e. The van der Waals surface area contributed by atoms with Crippen molar-refractivity contribution in [1.82, 2.24) is 0 Å². The Labute approximate surface area is 317 Å². The second kappa shape index (κ2) is 18.9. The van der Waals surface area contributed by atoms with Crippen LogP contribution in [0, 0.1) is 27.7 Å². The van der Waals surface area contributed by atoms with E-state index >= 15 is 0 Å². The van der Waals surface area contributed by atoms with Crippen LogP contribution in [0.5, 0.6) is 0 Å². The van der Waals surface area contributed by atoms with E-state index < -0.39 is 30.7 Å². The van der Waals surface area contributed by atoms with Gasteiger partial charge in [0.05, 0.1) is 39.6 Å². The summed E-state index contributed by atoms with van der Waals surface area (Å²) in [5.41, 5.74) is 10.00. The monoisotopic (exact) mass is 764 g/mol. The minimum absolute atomic E-state index is 0.274. The van der Waals surface area contributed by atoms with Gasteiger partial charge in [0.25, 0.3) is 0 Å². The molecule has 0 N–H and O–H groups in total. The molecule has 1 aliphatic heterocycles. The largest absolute Gasteiger partial charge is 0.374 e. The van der Waals surface area contributed by atoms with Gasteiger partial charge in [-0.1, -0.05) is 153 Å². The van der Waals surface area contributed by atoms with Crippen molar-refractivity contribution in [3.63, 3.8) is 0 Å². The number of halogens is 1. The van der Waals surface area contributed by atoms with E-state index in [4.69, 9.17) is 28.4 Å². The van der Waals surface area contributed by atoms with Gasteiger partial charge in [-0.2, -0.15) is 0 Å². The zero-order valence-electron chi connectivity index (χ0n) is 30.5. The van der Waals surface area contributed by atoms with Gasteiger partial charge in [0.2, 0.25) is 0 Å². The van der Waals surface area contributed by atoms with Crippen LogP contribution in [0.4, 0.5) is 0 Å². The SMILES string of the molecule is Cc1cccc(COC[C@H]2OC(OCc3ccccc3Br)[C@H](OCc3cccc(C)c3)[C@@H](OCc3cccc(C)c3)[C@@H]2OCc2cccc(C)c2)c1. The summed E-state index contributed by atoms with van der Waals surface area (Å²) in [7, 11) is 0. The van der Waals surface area contributed by atoms with Crippen LogP contribution in [0.25, 0.3) is 0 Å². The van der Waals surface area contributed by atoms with Crippen LogP contribution >= 0.6 is 15.9 Å². The average Bonchev–Trinajstić information content (AvgIpc) is 3.13. The molecule has 1 fully saturated rings. The third-order valence-electron chi connectivity index (χ3n) is 9.16. The van der Waals surface area contributed by atoms with Crippen molar-refractivity contribution in [2.45, 2.75) is 91.4 Å². The molecule has 0 aliphatic carbocycles. The Morgan fingerprint density at radius 1 is 0.481 bits per heavy atom. The average molecular weight is 766 g/mol. The summed E-state index contributed by atoms with van der Waals surface area (Å²) in [6, 6.07) is 41.5. The van der Waals surface area contributed by atoms with Gasteiger partial charge in [0, 0.05) is 4.47 Å². The van der Waals surface area contributed by atoms with Crippen LogP contribution in [0.2, 0.25) is 0 Å². The number of hydrogen-bond acceptors (Lipinski definition) is 6. The van der Waals surface area contributed by atoms with E-state index in [0.717, 1.165) is 32.3 Å². The van der Waals surface area contributed by atoms with Crippen LogP contribution in [-0.4, -0.2) is 37.3 Å². The van der Waals surface area contributed by atoms with Crippen LogP contribution in [-0.2, 0) is 61.5 Å². The summed E-state index contributed by atoms with van der Waals surface area (Å²) in [4.78, 5) is 0. The Kier molecular flexibility index (Phi) is 13.8. The van der Waals surface area contributed by atoms with Crippen molar-refractivity contribution in [3.05, 3.63) is 176 Å². The number of rotatable bonds is 16. The van der Waals surface area contributed by atoms with Gasteiger partial charge in [-0.05, 0) is 61.6 Å². The van der Waals surface area contributed by atoms with E-state index in [1.165, 1.54) is 22.3 Å². The van der Waals surface area contributed by atoms with Gasteiger partial charge in [0.15, 0.2) is 6.29 Å². The minimum Gasteiger partial charge on any atom is -0.374 e. The molecular weight excluding hydrogens is 716 g/mol. The molecule has 52 heavy (non-hydrogen) atoms. The van der Waals surface area contributed by atoms with E-state index in [9.17, 15) is 0 Å². The molecule has 6 rings (SSSR count). The first-order chi connectivity index (χ1) is 25.3. The maximum atomic E-state index is 6.92. The molecule has 0 saturated carbocycles. The number of ether oxygens (including phenoxy) is 6. The van der Waals surface area contributed by atoms with Crippen LogP contribution < -0.4 is 0 Å². The fourth-order valence-electron chi connectivity index (χ4n) is 6.58. The van der Waals surface area contributed by atoms with Gasteiger partial charge in [0.1, 0.15) is 24.4 Å². The highest BCUT2D eigenvalue weighted by atomic mass is 79.9. The molecular formula is C45H49BrO6. The molecule has 5 aromatic rings. The summed E-state index contributed by atoms with van der Waals surface area (Å²) in [5.74, 6) is 0. The van der Waals surface area contributed by atoms with E-state index in [0.29, 0.717) is 33.0 Å². The van der Waals surface area contributed by atoms with Crippen molar-refractivity contribution in [2.75, 3.05) is 6.61 Å². The quantitative estimate of drug-likeness (QED) is 0.0998. The lowest BCUT2D eigenvalue weighted by Crippen LogP contribution is -2.61. The lowest BCUT2D eigenvalue weighted by Gasteiger charge is -2.46. The van der Waals surface area contributed by atoms with Gasteiger partial charge in [-0.3, -0.25) is 0 Å². The zero-order chi connectivity index (χ0) is 36.3. The lowest BCUT2D eigenvalue weighted by molar-refractivity contribution is -0.330. The second-order valence-electron chi connectivity index (χ2n) is 13.7. The Bertz CT molecular complexity index is 1880. The van der Waals surface area contributed by atoms with E-state index in [1.807, 2.05) is 30.3 Å². The van der Waals surface area contributed by atoms with Crippen LogP contribution in [0.1, 0.15) is 50.1 Å². The second-order valence-corrected chi connectivity index (χ2v) is 14.6. The summed E-state index contributed by atoms with van der Waals surface area (Å²) in [6.07, 6.45) is -3.00. The fraction of sp³-hybridized carbons (Fsp3) is 0.333. The normalized spacial score (nSPS) is 20.2. The van der Waals surface area contributed by atoms with Crippen molar-refractivity contribution in [1.29, 1.82) is 0 Å². The molecule has 5 atom stereocenters. The minimum atomic E-state index is -0.772. The molecule has 1 unspecified atom stereocenters. The first-order valence-electron chi connectivity index (χ1n) is 18.0. The molecule has 1 saturated heterocycles. The van der Waals surface area contributed by atoms with Crippen molar-refractivity contribution < 1.29 is 28.4 Å². The molecule has 5 aromatic carbocycles. The highest BCUT2D eigenvalue weighted by Crippen LogP contribution is 2.33. The third kappa shape index (κ3) is 10.9. The number of benzene rings is 5. The zero-order valence-corrected chi connectivity index (χ0v) is 32.1. The van der Waals surface area contributed by atoms with Gasteiger partial charge in [-0.15, -0.1) is 0 Å². The first-order valence-corrected chi connectivity index (χ1v) is 18.8. The van der Waals surface area contributed by atoms with Crippen molar-refractivity contribution in [3.8, 4) is 0 Å². The third-order valence-corrected chi connectivity index (χ3v) is 9.93. The molecule has 0 spiro atoms. The molecule has 272 valence electrons. The highest BCUT2D eigenvalue weighted by Gasteiger charge is 2.49.